The van der Waals surface area contributed by atoms with Gasteiger partial charge in [0.1, 0.15) is 5.69 Å². The molecule has 0 saturated heterocycles. The van der Waals surface area contributed by atoms with Crippen LogP contribution in [0.3, 0.4) is 0 Å². The number of rotatable bonds is 5. The number of anilines is 2. The van der Waals surface area contributed by atoms with Gasteiger partial charge in [-0.1, -0.05) is 48.0 Å². The van der Waals surface area contributed by atoms with E-state index in [0.717, 1.165) is 5.69 Å². The molecule has 3 rings (SSSR count). The molecular weight excluding hydrogens is 322 g/mol. The summed E-state index contributed by atoms with van der Waals surface area (Å²) in [5.74, 6) is -0.271. The molecule has 0 spiro atoms. The van der Waals surface area contributed by atoms with Crippen LogP contribution in [0.25, 0.3) is 0 Å². The predicted molar refractivity (Wildman–Crippen MR) is 97.4 cm³/mol. The molecule has 24 heavy (non-hydrogen) atoms. The number of amides is 1. The van der Waals surface area contributed by atoms with Crippen molar-refractivity contribution in [2.24, 2.45) is 0 Å². The number of benzene rings is 2. The first-order valence-corrected chi connectivity index (χ1v) is 7.89. The summed E-state index contributed by atoms with van der Waals surface area (Å²) in [4.78, 5) is 16.4. The Hall–Kier alpha value is -2.85. The zero-order valence-corrected chi connectivity index (χ0v) is 13.6. The van der Waals surface area contributed by atoms with Crippen molar-refractivity contribution in [1.29, 1.82) is 0 Å². The van der Waals surface area contributed by atoms with Gasteiger partial charge in [0, 0.05) is 17.3 Å². The zero-order valence-electron chi connectivity index (χ0n) is 12.9. The van der Waals surface area contributed by atoms with Crippen LogP contribution in [-0.4, -0.2) is 10.9 Å². The second-order valence-electron chi connectivity index (χ2n) is 5.24. The van der Waals surface area contributed by atoms with Crippen molar-refractivity contribution in [1.82, 2.24) is 4.98 Å². The molecule has 3 aromatic rings. The van der Waals surface area contributed by atoms with Crippen molar-refractivity contribution in [3.8, 4) is 0 Å². The van der Waals surface area contributed by atoms with Gasteiger partial charge in [0.2, 0.25) is 0 Å². The standard InChI is InChI=1S/C19H16ClN3O/c20-15-7-4-8-16(11-15)23-19(24)18-10-9-17(13-22-18)21-12-14-5-2-1-3-6-14/h1-11,13,21H,12H2,(H,23,24). The van der Waals surface area contributed by atoms with Gasteiger partial charge in [0.05, 0.1) is 11.9 Å². The molecule has 120 valence electrons. The number of carbonyl (C=O) groups excluding carboxylic acids is 1. The molecule has 0 radical (unpaired) electrons. The van der Waals surface area contributed by atoms with Crippen molar-refractivity contribution in [2.45, 2.75) is 6.54 Å². The second-order valence-corrected chi connectivity index (χ2v) is 5.67. The Kier molecular flexibility index (Phi) is 5.08. The van der Waals surface area contributed by atoms with Gasteiger partial charge in [0.15, 0.2) is 0 Å². The summed E-state index contributed by atoms with van der Waals surface area (Å²) in [6.07, 6.45) is 1.65. The first-order chi connectivity index (χ1) is 11.7. The third-order valence-corrected chi connectivity index (χ3v) is 3.65. The van der Waals surface area contributed by atoms with E-state index in [9.17, 15) is 4.79 Å². The number of hydrogen-bond donors (Lipinski definition) is 2. The minimum atomic E-state index is -0.271. The Morgan fingerprint density at radius 2 is 1.79 bits per heavy atom. The normalized spacial score (nSPS) is 10.2. The molecule has 4 nitrogen and oxygen atoms in total. The molecular formula is C19H16ClN3O. The highest BCUT2D eigenvalue weighted by atomic mass is 35.5. The van der Waals surface area contributed by atoms with Crippen molar-refractivity contribution in [3.63, 3.8) is 0 Å². The maximum absolute atomic E-state index is 12.2. The van der Waals surface area contributed by atoms with E-state index in [2.05, 4.69) is 15.6 Å². The fraction of sp³-hybridized carbons (Fsp3) is 0.0526. The van der Waals surface area contributed by atoms with E-state index < -0.39 is 0 Å². The van der Waals surface area contributed by atoms with Crippen molar-refractivity contribution in [2.75, 3.05) is 10.6 Å². The van der Waals surface area contributed by atoms with E-state index in [1.54, 1.807) is 36.5 Å². The number of hydrogen-bond acceptors (Lipinski definition) is 3. The van der Waals surface area contributed by atoms with E-state index in [0.29, 0.717) is 22.9 Å². The molecule has 1 aromatic heterocycles. The van der Waals surface area contributed by atoms with Crippen LogP contribution in [0.2, 0.25) is 5.02 Å². The van der Waals surface area contributed by atoms with Crippen LogP contribution in [0, 0.1) is 0 Å². The van der Waals surface area contributed by atoms with Gasteiger partial charge in [-0.3, -0.25) is 4.79 Å². The average Bonchev–Trinajstić information content (AvgIpc) is 2.61. The zero-order chi connectivity index (χ0) is 16.8. The van der Waals surface area contributed by atoms with Crippen LogP contribution in [0.4, 0.5) is 11.4 Å². The Bertz CT molecular complexity index is 820. The highest BCUT2D eigenvalue weighted by Crippen LogP contribution is 2.16. The molecule has 0 aliphatic rings. The van der Waals surface area contributed by atoms with E-state index in [4.69, 9.17) is 11.6 Å². The van der Waals surface area contributed by atoms with Gasteiger partial charge >= 0.3 is 0 Å². The number of nitrogens with one attached hydrogen (secondary N) is 2. The number of carbonyl (C=O) groups is 1. The minimum Gasteiger partial charge on any atom is -0.380 e. The third-order valence-electron chi connectivity index (χ3n) is 3.42. The van der Waals surface area contributed by atoms with Crippen molar-refractivity contribution >= 4 is 28.9 Å². The molecule has 2 aromatic carbocycles. The van der Waals surface area contributed by atoms with Crippen LogP contribution in [-0.2, 0) is 6.54 Å². The fourth-order valence-electron chi connectivity index (χ4n) is 2.19. The lowest BCUT2D eigenvalue weighted by Crippen LogP contribution is -2.13. The van der Waals surface area contributed by atoms with Gasteiger partial charge < -0.3 is 10.6 Å². The number of halogens is 1. The molecule has 1 amide bonds. The maximum Gasteiger partial charge on any atom is 0.274 e. The van der Waals surface area contributed by atoms with Gasteiger partial charge in [-0.25, -0.2) is 4.98 Å². The molecule has 2 N–H and O–H groups in total. The van der Waals surface area contributed by atoms with Gasteiger partial charge in [-0.2, -0.15) is 0 Å². The summed E-state index contributed by atoms with van der Waals surface area (Å²) in [6, 6.07) is 20.6. The Morgan fingerprint density at radius 1 is 0.958 bits per heavy atom. The lowest BCUT2D eigenvalue weighted by Gasteiger charge is -2.08. The Morgan fingerprint density at radius 3 is 2.50 bits per heavy atom. The molecule has 0 unspecified atom stereocenters. The molecule has 1 heterocycles. The fourth-order valence-corrected chi connectivity index (χ4v) is 2.38. The van der Waals surface area contributed by atoms with E-state index >= 15 is 0 Å². The lowest BCUT2D eigenvalue weighted by atomic mass is 10.2. The summed E-state index contributed by atoms with van der Waals surface area (Å²) in [5, 5.41) is 6.61. The van der Waals surface area contributed by atoms with Gasteiger partial charge in [0.25, 0.3) is 5.91 Å². The molecule has 0 aliphatic heterocycles. The molecule has 5 heteroatoms. The Labute approximate surface area is 145 Å². The van der Waals surface area contributed by atoms with E-state index in [-0.39, 0.29) is 5.91 Å². The Balaban J connectivity index is 1.60. The molecule has 0 aliphatic carbocycles. The quantitative estimate of drug-likeness (QED) is 0.715. The monoisotopic (exact) mass is 337 g/mol. The average molecular weight is 338 g/mol. The number of aromatic nitrogens is 1. The van der Waals surface area contributed by atoms with Crippen LogP contribution < -0.4 is 10.6 Å². The smallest absolute Gasteiger partial charge is 0.274 e. The predicted octanol–water partition coefficient (Wildman–Crippen LogP) is 4.60. The number of nitrogens with zero attached hydrogens (tertiary/aromatic N) is 1. The first kappa shape index (κ1) is 16.0. The largest absolute Gasteiger partial charge is 0.380 e. The SMILES string of the molecule is O=C(Nc1cccc(Cl)c1)c1ccc(NCc2ccccc2)cn1. The summed E-state index contributed by atoms with van der Waals surface area (Å²) >= 11 is 5.91. The third kappa shape index (κ3) is 4.33. The second kappa shape index (κ2) is 7.62. The summed E-state index contributed by atoms with van der Waals surface area (Å²) in [6.45, 7) is 0.705. The van der Waals surface area contributed by atoms with Crippen LogP contribution in [0.1, 0.15) is 16.1 Å². The molecule has 0 bridgehead atoms. The van der Waals surface area contributed by atoms with E-state index in [1.165, 1.54) is 5.56 Å². The minimum absolute atomic E-state index is 0.271. The highest BCUT2D eigenvalue weighted by Gasteiger charge is 2.08. The molecule has 0 saturated carbocycles. The number of pyridine rings is 1. The van der Waals surface area contributed by atoms with Gasteiger partial charge in [-0.05, 0) is 35.9 Å². The summed E-state index contributed by atoms with van der Waals surface area (Å²) in [7, 11) is 0. The topological polar surface area (TPSA) is 54.0 Å². The first-order valence-electron chi connectivity index (χ1n) is 7.51. The maximum atomic E-state index is 12.2. The van der Waals surface area contributed by atoms with Crippen molar-refractivity contribution in [3.05, 3.63) is 89.2 Å². The lowest BCUT2D eigenvalue weighted by molar-refractivity contribution is 0.102. The van der Waals surface area contributed by atoms with E-state index in [1.807, 2.05) is 36.4 Å². The molecule has 0 fully saturated rings. The molecule has 0 atom stereocenters. The summed E-state index contributed by atoms with van der Waals surface area (Å²) < 4.78 is 0. The van der Waals surface area contributed by atoms with Crippen molar-refractivity contribution < 1.29 is 4.79 Å². The highest BCUT2D eigenvalue weighted by molar-refractivity contribution is 6.30. The van der Waals surface area contributed by atoms with Crippen LogP contribution >= 0.6 is 11.6 Å². The van der Waals surface area contributed by atoms with Crippen LogP contribution in [0.15, 0.2) is 72.9 Å². The summed E-state index contributed by atoms with van der Waals surface area (Å²) in [5.41, 5.74) is 3.03. The van der Waals surface area contributed by atoms with Crippen LogP contribution in [0.5, 0.6) is 0 Å². The van der Waals surface area contributed by atoms with Gasteiger partial charge in [-0.15, -0.1) is 0 Å².